The number of thiocarbonyl (C=S) groups is 1. The molecule has 0 aromatic heterocycles. The molecule has 0 aliphatic heterocycles. The van der Waals surface area contributed by atoms with Crippen LogP contribution in [0.5, 0.6) is 11.5 Å². The van der Waals surface area contributed by atoms with E-state index in [0.29, 0.717) is 24.8 Å². The number of benzene rings is 2. The predicted octanol–water partition coefficient (Wildman–Crippen LogP) is 3.55. The maximum atomic E-state index is 5.59. The quantitative estimate of drug-likeness (QED) is 0.726. The molecule has 0 spiro atoms. The topological polar surface area (TPSA) is 43.0 Å². The minimum absolute atomic E-state index is 0.593. The largest absolute Gasteiger partial charge is 0.497 e. The average molecular weight is 360 g/mol. The first-order valence-corrected chi connectivity index (χ1v) is 8.39. The van der Waals surface area contributed by atoms with E-state index in [1.807, 2.05) is 48.5 Å². The zero-order valence-corrected chi connectivity index (χ0v) is 15.6. The Bertz CT molecular complexity index is 677. The molecule has 0 amide bonds. The molecule has 0 saturated heterocycles. The van der Waals surface area contributed by atoms with Crippen LogP contribution < -0.4 is 14.8 Å². The molecule has 25 heavy (non-hydrogen) atoms. The van der Waals surface area contributed by atoms with Crippen molar-refractivity contribution in [1.29, 1.82) is 0 Å². The van der Waals surface area contributed by atoms with Gasteiger partial charge in [-0.15, -0.1) is 0 Å². The Morgan fingerprint density at radius 2 is 1.72 bits per heavy atom. The summed E-state index contributed by atoms with van der Waals surface area (Å²) in [5, 5.41) is 3.91. The van der Waals surface area contributed by atoms with Crippen LogP contribution in [0.25, 0.3) is 0 Å². The third-order valence-corrected chi connectivity index (χ3v) is 4.07. The molecule has 6 heteroatoms. The minimum Gasteiger partial charge on any atom is -0.497 e. The molecular formula is C19H24N2O3S. The van der Waals surface area contributed by atoms with Crippen LogP contribution >= 0.6 is 12.2 Å². The molecule has 2 rings (SSSR count). The summed E-state index contributed by atoms with van der Waals surface area (Å²) < 4.78 is 15.7. The molecule has 0 aliphatic rings. The zero-order chi connectivity index (χ0) is 18.1. The lowest BCUT2D eigenvalue weighted by Gasteiger charge is -2.26. The number of nitrogens with one attached hydrogen (secondary N) is 1. The van der Waals surface area contributed by atoms with Crippen molar-refractivity contribution in [3.05, 3.63) is 54.1 Å². The summed E-state index contributed by atoms with van der Waals surface area (Å²) in [5.41, 5.74) is 2.04. The standard InChI is InChI=1S/C19H24N2O3S/c1-22-12-11-21(14-15-7-9-17(23-2)10-8-15)19(25)20-16-5-4-6-18(13-16)24-3/h4-10,13H,11-12,14H2,1-3H3,(H,20,25). The Balaban J connectivity index is 2.07. The van der Waals surface area contributed by atoms with Crippen molar-refractivity contribution in [2.45, 2.75) is 6.54 Å². The van der Waals surface area contributed by atoms with Crippen LogP contribution in [-0.4, -0.2) is 44.5 Å². The van der Waals surface area contributed by atoms with Gasteiger partial charge in [-0.2, -0.15) is 0 Å². The molecule has 0 unspecified atom stereocenters. The molecule has 2 aromatic rings. The molecule has 1 N–H and O–H groups in total. The average Bonchev–Trinajstić information content (AvgIpc) is 2.65. The van der Waals surface area contributed by atoms with Gasteiger partial charge < -0.3 is 24.4 Å². The monoisotopic (exact) mass is 360 g/mol. The third kappa shape index (κ3) is 5.92. The van der Waals surface area contributed by atoms with E-state index < -0.39 is 0 Å². The zero-order valence-electron chi connectivity index (χ0n) is 14.8. The van der Waals surface area contributed by atoms with Crippen LogP contribution in [0.15, 0.2) is 48.5 Å². The fourth-order valence-electron chi connectivity index (χ4n) is 2.31. The number of hydrogen-bond donors (Lipinski definition) is 1. The van der Waals surface area contributed by atoms with Crippen molar-refractivity contribution in [3.63, 3.8) is 0 Å². The number of ether oxygens (including phenoxy) is 3. The Morgan fingerprint density at radius 3 is 2.36 bits per heavy atom. The SMILES string of the molecule is COCCN(Cc1ccc(OC)cc1)C(=S)Nc1cccc(OC)c1. The molecule has 0 radical (unpaired) electrons. The second-order valence-electron chi connectivity index (χ2n) is 5.42. The van der Waals surface area contributed by atoms with Crippen molar-refractivity contribution in [1.82, 2.24) is 4.90 Å². The molecular weight excluding hydrogens is 336 g/mol. The lowest BCUT2D eigenvalue weighted by atomic mass is 10.2. The second kappa shape index (κ2) is 9.86. The van der Waals surface area contributed by atoms with E-state index in [-0.39, 0.29) is 0 Å². The lowest BCUT2D eigenvalue weighted by Crippen LogP contribution is -2.36. The normalized spacial score (nSPS) is 10.2. The van der Waals surface area contributed by atoms with Gasteiger partial charge in [0, 0.05) is 32.0 Å². The molecule has 0 fully saturated rings. The van der Waals surface area contributed by atoms with Gasteiger partial charge in [0.15, 0.2) is 5.11 Å². The highest BCUT2D eigenvalue weighted by Gasteiger charge is 2.11. The molecule has 2 aromatic carbocycles. The highest BCUT2D eigenvalue weighted by atomic mass is 32.1. The Hall–Kier alpha value is -2.31. The van der Waals surface area contributed by atoms with Crippen molar-refractivity contribution in [2.24, 2.45) is 0 Å². The Kier molecular flexibility index (Phi) is 7.50. The molecule has 134 valence electrons. The smallest absolute Gasteiger partial charge is 0.173 e. The number of nitrogens with zero attached hydrogens (tertiary/aromatic N) is 1. The van der Waals surface area contributed by atoms with Gasteiger partial charge in [0.2, 0.25) is 0 Å². The van der Waals surface area contributed by atoms with E-state index in [4.69, 9.17) is 26.4 Å². The summed E-state index contributed by atoms with van der Waals surface area (Å²) in [6, 6.07) is 15.6. The predicted molar refractivity (Wildman–Crippen MR) is 104 cm³/mol. The Labute approximate surface area is 154 Å². The number of methoxy groups -OCH3 is 3. The molecule has 5 nitrogen and oxygen atoms in total. The maximum Gasteiger partial charge on any atom is 0.173 e. The van der Waals surface area contributed by atoms with E-state index in [2.05, 4.69) is 10.2 Å². The van der Waals surface area contributed by atoms with Gasteiger partial charge in [-0.25, -0.2) is 0 Å². The summed E-state index contributed by atoms with van der Waals surface area (Å²) in [6.07, 6.45) is 0. The van der Waals surface area contributed by atoms with Crippen molar-refractivity contribution < 1.29 is 14.2 Å². The summed E-state index contributed by atoms with van der Waals surface area (Å²) >= 11 is 5.59. The molecule has 0 saturated carbocycles. The van der Waals surface area contributed by atoms with Crippen molar-refractivity contribution >= 4 is 23.0 Å². The van der Waals surface area contributed by atoms with Gasteiger partial charge in [0.1, 0.15) is 11.5 Å². The van der Waals surface area contributed by atoms with Crippen LogP contribution in [-0.2, 0) is 11.3 Å². The van der Waals surface area contributed by atoms with E-state index in [0.717, 1.165) is 22.7 Å². The number of rotatable bonds is 8. The van der Waals surface area contributed by atoms with Gasteiger partial charge in [0.25, 0.3) is 0 Å². The maximum absolute atomic E-state index is 5.59. The van der Waals surface area contributed by atoms with Crippen LogP contribution in [0.1, 0.15) is 5.56 Å². The van der Waals surface area contributed by atoms with E-state index in [1.165, 1.54) is 0 Å². The fourth-order valence-corrected chi connectivity index (χ4v) is 2.58. The van der Waals surface area contributed by atoms with Gasteiger partial charge in [0.05, 0.1) is 20.8 Å². The first-order valence-electron chi connectivity index (χ1n) is 7.98. The first kappa shape index (κ1) is 19.0. The lowest BCUT2D eigenvalue weighted by molar-refractivity contribution is 0.175. The molecule has 0 heterocycles. The summed E-state index contributed by atoms with van der Waals surface area (Å²) in [6.45, 7) is 1.97. The first-order chi connectivity index (χ1) is 12.2. The highest BCUT2D eigenvalue weighted by Crippen LogP contribution is 2.18. The molecule has 0 bridgehead atoms. The number of hydrogen-bond acceptors (Lipinski definition) is 4. The van der Waals surface area contributed by atoms with E-state index >= 15 is 0 Å². The van der Waals surface area contributed by atoms with Crippen molar-refractivity contribution in [3.8, 4) is 11.5 Å². The van der Waals surface area contributed by atoms with E-state index in [9.17, 15) is 0 Å². The molecule has 0 atom stereocenters. The van der Waals surface area contributed by atoms with Crippen LogP contribution in [0.3, 0.4) is 0 Å². The summed E-state index contributed by atoms with van der Waals surface area (Å²) in [4.78, 5) is 2.07. The van der Waals surface area contributed by atoms with Gasteiger partial charge in [-0.1, -0.05) is 18.2 Å². The number of anilines is 1. The van der Waals surface area contributed by atoms with Crippen LogP contribution in [0.2, 0.25) is 0 Å². The highest BCUT2D eigenvalue weighted by molar-refractivity contribution is 7.80. The van der Waals surface area contributed by atoms with Gasteiger partial charge in [-0.05, 0) is 42.0 Å². The van der Waals surface area contributed by atoms with Crippen molar-refractivity contribution in [2.75, 3.05) is 39.8 Å². The van der Waals surface area contributed by atoms with Crippen LogP contribution in [0, 0.1) is 0 Å². The van der Waals surface area contributed by atoms with Crippen LogP contribution in [0.4, 0.5) is 5.69 Å². The van der Waals surface area contributed by atoms with Gasteiger partial charge in [-0.3, -0.25) is 0 Å². The second-order valence-corrected chi connectivity index (χ2v) is 5.81. The van der Waals surface area contributed by atoms with Gasteiger partial charge >= 0.3 is 0 Å². The summed E-state index contributed by atoms with van der Waals surface area (Å²) in [5.74, 6) is 1.62. The fraction of sp³-hybridized carbons (Fsp3) is 0.316. The van der Waals surface area contributed by atoms with E-state index in [1.54, 1.807) is 21.3 Å². The summed E-state index contributed by atoms with van der Waals surface area (Å²) in [7, 11) is 4.99. The Morgan fingerprint density at radius 1 is 1.00 bits per heavy atom. The third-order valence-electron chi connectivity index (χ3n) is 3.71. The molecule has 0 aliphatic carbocycles. The minimum atomic E-state index is 0.593.